The summed E-state index contributed by atoms with van der Waals surface area (Å²) in [6.45, 7) is 7.94. The molecule has 234 valence electrons. The first-order valence-electron chi connectivity index (χ1n) is 16.0. The normalized spacial score (nSPS) is 20.2. The van der Waals surface area contributed by atoms with Crippen LogP contribution in [0.5, 0.6) is 0 Å². The highest BCUT2D eigenvalue weighted by molar-refractivity contribution is 6.12. The first-order valence-corrected chi connectivity index (χ1v) is 16.0. The molecule has 1 aliphatic carbocycles. The third-order valence-corrected chi connectivity index (χ3v) is 8.87. The average molecular weight is 599 g/mol. The number of hydrogen-bond acceptors (Lipinski definition) is 8. The second kappa shape index (κ2) is 15.3. The third kappa shape index (κ3) is 7.85. The van der Waals surface area contributed by atoms with Crippen LogP contribution in [0.2, 0.25) is 0 Å². The molecule has 0 spiro atoms. The summed E-state index contributed by atoms with van der Waals surface area (Å²) < 4.78 is 17.8. The molecular weight excluding hydrogens is 552 g/mol. The van der Waals surface area contributed by atoms with Crippen LogP contribution in [0.3, 0.4) is 0 Å². The van der Waals surface area contributed by atoms with Crippen LogP contribution in [-0.4, -0.2) is 54.8 Å². The molecule has 0 bridgehead atoms. The van der Waals surface area contributed by atoms with Crippen LogP contribution in [0.1, 0.15) is 81.2 Å². The van der Waals surface area contributed by atoms with Crippen LogP contribution >= 0.6 is 0 Å². The van der Waals surface area contributed by atoms with Gasteiger partial charge in [-0.25, -0.2) is 4.98 Å². The number of fused-ring (bicyclic) bond motifs is 1. The second-order valence-electron chi connectivity index (χ2n) is 12.0. The van der Waals surface area contributed by atoms with Crippen LogP contribution in [0, 0.1) is 5.41 Å². The smallest absolute Gasteiger partial charge is 0.204 e. The number of ketones is 1. The van der Waals surface area contributed by atoms with Gasteiger partial charge in [0.2, 0.25) is 5.88 Å². The molecule has 3 aliphatic rings. The van der Waals surface area contributed by atoms with Crippen LogP contribution in [0.15, 0.2) is 65.3 Å². The number of carbonyl (C=O) groups excluding carboxylic acids is 1. The molecule has 8 heteroatoms. The van der Waals surface area contributed by atoms with Crippen LogP contribution in [-0.2, 0) is 38.6 Å². The third-order valence-electron chi connectivity index (χ3n) is 8.87. The maximum Gasteiger partial charge on any atom is 0.204 e. The van der Waals surface area contributed by atoms with Crippen molar-refractivity contribution in [3.63, 3.8) is 0 Å². The molecule has 3 heterocycles. The molecule has 1 aromatic carbocycles. The maximum absolute atomic E-state index is 12.0. The molecule has 0 radical (unpaired) electrons. The first kappa shape index (κ1) is 31.7. The van der Waals surface area contributed by atoms with Crippen molar-refractivity contribution in [3.8, 4) is 0 Å². The lowest BCUT2D eigenvalue weighted by Crippen LogP contribution is -2.40. The van der Waals surface area contributed by atoms with E-state index in [2.05, 4.69) is 41.4 Å². The van der Waals surface area contributed by atoms with Gasteiger partial charge in [0.15, 0.2) is 5.78 Å². The van der Waals surface area contributed by atoms with Crippen molar-refractivity contribution >= 4 is 23.4 Å². The number of benzene rings is 1. The number of nitrogens with zero attached hydrogens (tertiary/aromatic N) is 2. The molecule has 2 aromatic rings. The monoisotopic (exact) mass is 598 g/mol. The second-order valence-corrected chi connectivity index (χ2v) is 12.0. The van der Waals surface area contributed by atoms with E-state index in [4.69, 9.17) is 24.6 Å². The SMILES string of the molecule is CO/C(Nc1cccc(C2=CCCC(C)=C2OCc2ccc3c(c2)CCN([C@H]2CCCCCOCC2)C3)n1)=C(/C=N)C(C)=O. The highest BCUT2D eigenvalue weighted by Crippen LogP contribution is 2.34. The van der Waals surface area contributed by atoms with E-state index in [1.54, 1.807) is 0 Å². The Morgan fingerprint density at radius 2 is 2.02 bits per heavy atom. The van der Waals surface area contributed by atoms with Crippen LogP contribution < -0.4 is 5.32 Å². The van der Waals surface area contributed by atoms with Crippen molar-refractivity contribution in [3.05, 3.63) is 87.6 Å². The lowest BCUT2D eigenvalue weighted by Gasteiger charge is -2.36. The Balaban J connectivity index is 1.26. The van der Waals surface area contributed by atoms with Crippen molar-refractivity contribution in [1.29, 1.82) is 5.41 Å². The molecule has 1 fully saturated rings. The van der Waals surface area contributed by atoms with E-state index >= 15 is 0 Å². The fraction of sp³-hybridized carbons (Fsp3) is 0.472. The van der Waals surface area contributed by atoms with Crippen LogP contribution in [0.25, 0.3) is 5.57 Å². The van der Waals surface area contributed by atoms with E-state index in [1.165, 1.54) is 62.0 Å². The molecule has 0 amide bonds. The van der Waals surface area contributed by atoms with Gasteiger partial charge in [-0.2, -0.15) is 0 Å². The number of pyridine rings is 1. The number of nitrogens with one attached hydrogen (secondary N) is 2. The molecule has 0 unspecified atom stereocenters. The highest BCUT2D eigenvalue weighted by Gasteiger charge is 2.25. The largest absolute Gasteiger partial charge is 0.488 e. The summed E-state index contributed by atoms with van der Waals surface area (Å²) in [5.41, 5.74) is 7.15. The summed E-state index contributed by atoms with van der Waals surface area (Å²) in [5, 5.41) is 10.7. The minimum absolute atomic E-state index is 0.152. The van der Waals surface area contributed by atoms with E-state index in [1.807, 2.05) is 18.2 Å². The van der Waals surface area contributed by atoms with Gasteiger partial charge < -0.3 is 24.9 Å². The number of anilines is 1. The van der Waals surface area contributed by atoms with E-state index < -0.39 is 0 Å². The number of rotatable bonds is 10. The standard InChI is InChI=1S/C36H46N4O4/c1-25-9-7-11-31(33-12-8-13-34(38-33)39-36(42-3)32(22-37)26(2)41)35(25)44-24-27-14-15-29-23-40(18-16-28(29)21-27)30-10-5-4-6-19-43-20-17-30/h8,11-15,21-22,30,37H,4-7,9-10,16-20,23-24H2,1-3H3,(H,38,39)/b36-32-,37-22?/t30-/m0/s1. The van der Waals surface area contributed by atoms with E-state index in [-0.39, 0.29) is 17.2 Å². The topological polar surface area (TPSA) is 96.8 Å². The number of Topliss-reactive ketones (excluding diaryl/α,β-unsaturated/α-hetero) is 1. The number of aromatic nitrogens is 1. The molecule has 1 aromatic heterocycles. The highest BCUT2D eigenvalue weighted by atomic mass is 16.5. The van der Waals surface area contributed by atoms with Gasteiger partial charge in [-0.15, -0.1) is 0 Å². The molecule has 1 saturated heterocycles. The lowest BCUT2D eigenvalue weighted by atomic mass is 9.94. The summed E-state index contributed by atoms with van der Waals surface area (Å²) >= 11 is 0. The van der Waals surface area contributed by atoms with E-state index in [9.17, 15) is 4.79 Å². The number of hydrogen-bond donors (Lipinski definition) is 2. The van der Waals surface area contributed by atoms with Gasteiger partial charge >= 0.3 is 0 Å². The fourth-order valence-corrected chi connectivity index (χ4v) is 6.39. The van der Waals surface area contributed by atoms with Crippen molar-refractivity contribution < 1.29 is 19.0 Å². The molecule has 2 N–H and O–H groups in total. The zero-order valence-electron chi connectivity index (χ0n) is 26.4. The molecule has 44 heavy (non-hydrogen) atoms. The average Bonchev–Trinajstić information content (AvgIpc) is 3.18. The first-order chi connectivity index (χ1) is 21.5. The molecule has 0 saturated carbocycles. The Bertz CT molecular complexity index is 1430. The predicted octanol–water partition coefficient (Wildman–Crippen LogP) is 6.97. The number of ether oxygens (including phenoxy) is 3. The van der Waals surface area contributed by atoms with Crippen molar-refractivity contribution in [2.24, 2.45) is 0 Å². The van der Waals surface area contributed by atoms with Gasteiger partial charge in [0.25, 0.3) is 0 Å². The summed E-state index contributed by atoms with van der Waals surface area (Å²) in [6.07, 6.45) is 12.3. The molecular formula is C36H46N4O4. The Labute approximate surface area is 261 Å². The lowest BCUT2D eigenvalue weighted by molar-refractivity contribution is -0.113. The number of allylic oxidation sites excluding steroid dienone is 4. The Morgan fingerprint density at radius 1 is 1.14 bits per heavy atom. The van der Waals surface area contributed by atoms with Crippen molar-refractivity contribution in [2.45, 2.75) is 84.4 Å². The van der Waals surface area contributed by atoms with Gasteiger partial charge in [0.1, 0.15) is 18.2 Å². The number of methoxy groups -OCH3 is 1. The quantitative estimate of drug-likeness (QED) is 0.173. The van der Waals surface area contributed by atoms with Gasteiger partial charge in [-0.3, -0.25) is 9.69 Å². The van der Waals surface area contributed by atoms with E-state index in [0.29, 0.717) is 18.5 Å². The molecule has 2 aliphatic heterocycles. The summed E-state index contributed by atoms with van der Waals surface area (Å²) in [7, 11) is 1.46. The zero-order valence-corrected chi connectivity index (χ0v) is 26.4. The minimum atomic E-state index is -0.260. The van der Waals surface area contributed by atoms with Gasteiger partial charge in [-0.1, -0.05) is 43.2 Å². The van der Waals surface area contributed by atoms with Crippen molar-refractivity contribution in [1.82, 2.24) is 9.88 Å². The van der Waals surface area contributed by atoms with Gasteiger partial charge in [0.05, 0.1) is 18.4 Å². The number of carbonyl (C=O) groups is 1. The summed E-state index contributed by atoms with van der Waals surface area (Å²) in [4.78, 5) is 19.4. The van der Waals surface area contributed by atoms with E-state index in [0.717, 1.165) is 75.2 Å². The zero-order chi connectivity index (χ0) is 30.9. The summed E-state index contributed by atoms with van der Waals surface area (Å²) in [6, 6.07) is 13.1. The van der Waals surface area contributed by atoms with Gasteiger partial charge in [0, 0.05) is 44.1 Å². The molecule has 1 atom stereocenters. The van der Waals surface area contributed by atoms with Gasteiger partial charge in [-0.05, 0) is 86.8 Å². The van der Waals surface area contributed by atoms with Crippen molar-refractivity contribution in [2.75, 3.05) is 32.2 Å². The molecule has 5 rings (SSSR count). The fourth-order valence-electron chi connectivity index (χ4n) is 6.39. The minimum Gasteiger partial charge on any atom is -0.488 e. The Kier molecular flexibility index (Phi) is 11.0. The predicted molar refractivity (Wildman–Crippen MR) is 174 cm³/mol. The Hall–Kier alpha value is -3.75. The summed E-state index contributed by atoms with van der Waals surface area (Å²) in [5.74, 6) is 1.33. The Morgan fingerprint density at radius 3 is 2.84 bits per heavy atom. The van der Waals surface area contributed by atoms with Crippen LogP contribution in [0.4, 0.5) is 5.82 Å². The molecule has 8 nitrogen and oxygen atoms in total. The maximum atomic E-state index is 12.0.